The van der Waals surface area contributed by atoms with Crippen LogP contribution in [-0.2, 0) is 0 Å². The van der Waals surface area contributed by atoms with Crippen molar-refractivity contribution < 1.29 is 0 Å². The topological polar surface area (TPSA) is 15.3 Å². The first-order valence-corrected chi connectivity index (χ1v) is 8.57. The molecule has 2 rings (SSSR count). The first kappa shape index (κ1) is 15.3. The van der Waals surface area contributed by atoms with Crippen molar-refractivity contribution in [3.8, 4) is 0 Å². The summed E-state index contributed by atoms with van der Waals surface area (Å²) in [6.45, 7) is 13.3. The van der Waals surface area contributed by atoms with Crippen LogP contribution in [0.1, 0.15) is 59.8 Å². The lowest BCUT2D eigenvalue weighted by atomic mass is 9.96. The number of rotatable bonds is 7. The van der Waals surface area contributed by atoms with Crippen molar-refractivity contribution in [2.24, 2.45) is 17.8 Å². The molecule has 2 aliphatic rings. The van der Waals surface area contributed by atoms with Gasteiger partial charge < -0.3 is 5.32 Å². The second kappa shape index (κ2) is 7.08. The van der Waals surface area contributed by atoms with E-state index in [9.17, 15) is 0 Å². The monoisotopic (exact) mass is 266 g/mol. The van der Waals surface area contributed by atoms with Gasteiger partial charge in [-0.3, -0.25) is 4.90 Å². The van der Waals surface area contributed by atoms with Gasteiger partial charge in [-0.15, -0.1) is 0 Å². The number of piperazine rings is 1. The lowest BCUT2D eigenvalue weighted by molar-refractivity contribution is 0.0909. The van der Waals surface area contributed by atoms with E-state index in [0.717, 1.165) is 29.8 Å². The van der Waals surface area contributed by atoms with Crippen LogP contribution in [-0.4, -0.2) is 36.6 Å². The maximum Gasteiger partial charge on any atom is 0.0249 e. The number of nitrogens with zero attached hydrogens (tertiary/aromatic N) is 1. The van der Waals surface area contributed by atoms with Crippen LogP contribution in [0.15, 0.2) is 0 Å². The van der Waals surface area contributed by atoms with Crippen LogP contribution in [0.3, 0.4) is 0 Å². The van der Waals surface area contributed by atoms with E-state index in [2.05, 4.69) is 37.9 Å². The van der Waals surface area contributed by atoms with Crippen LogP contribution in [0.5, 0.6) is 0 Å². The van der Waals surface area contributed by atoms with E-state index in [-0.39, 0.29) is 0 Å². The summed E-state index contributed by atoms with van der Waals surface area (Å²) in [5.74, 6) is 2.68. The first-order valence-electron chi connectivity index (χ1n) is 8.57. The van der Waals surface area contributed by atoms with Gasteiger partial charge in [0.15, 0.2) is 0 Å². The highest BCUT2D eigenvalue weighted by Gasteiger charge is 2.38. The van der Waals surface area contributed by atoms with Gasteiger partial charge in [-0.05, 0) is 43.4 Å². The van der Waals surface area contributed by atoms with Gasteiger partial charge in [0.2, 0.25) is 0 Å². The van der Waals surface area contributed by atoms with Crippen LogP contribution in [0.25, 0.3) is 0 Å². The summed E-state index contributed by atoms with van der Waals surface area (Å²) in [5.41, 5.74) is 0. The average molecular weight is 266 g/mol. The fourth-order valence-corrected chi connectivity index (χ4v) is 3.77. The molecule has 3 unspecified atom stereocenters. The Balaban J connectivity index is 1.88. The lowest BCUT2D eigenvalue weighted by Crippen LogP contribution is -2.58. The number of hydrogen-bond donors (Lipinski definition) is 1. The summed E-state index contributed by atoms with van der Waals surface area (Å²) >= 11 is 0. The highest BCUT2D eigenvalue weighted by Crippen LogP contribution is 2.37. The molecule has 0 radical (unpaired) electrons. The summed E-state index contributed by atoms with van der Waals surface area (Å²) in [6, 6.07) is 1.56. The van der Waals surface area contributed by atoms with Gasteiger partial charge in [0.05, 0.1) is 0 Å². The largest absolute Gasteiger partial charge is 0.311 e. The minimum atomic E-state index is 0.726. The molecule has 19 heavy (non-hydrogen) atoms. The van der Waals surface area contributed by atoms with Crippen molar-refractivity contribution in [3.05, 3.63) is 0 Å². The molecule has 0 amide bonds. The molecular weight excluding hydrogens is 232 g/mol. The van der Waals surface area contributed by atoms with Gasteiger partial charge in [0.25, 0.3) is 0 Å². The van der Waals surface area contributed by atoms with Crippen LogP contribution < -0.4 is 5.32 Å². The van der Waals surface area contributed by atoms with Crippen molar-refractivity contribution in [1.29, 1.82) is 0 Å². The van der Waals surface area contributed by atoms with E-state index in [0.29, 0.717) is 0 Å². The zero-order chi connectivity index (χ0) is 13.8. The minimum Gasteiger partial charge on any atom is -0.311 e. The van der Waals surface area contributed by atoms with Crippen LogP contribution in [0, 0.1) is 17.8 Å². The SMILES string of the molecule is CCCC(C)CN1CC(CC(C)C)NCC1C1CC1. The van der Waals surface area contributed by atoms with Crippen molar-refractivity contribution >= 4 is 0 Å². The molecule has 0 spiro atoms. The quantitative estimate of drug-likeness (QED) is 0.758. The zero-order valence-corrected chi connectivity index (χ0v) is 13.5. The fourth-order valence-electron chi connectivity index (χ4n) is 3.77. The highest BCUT2D eigenvalue weighted by atomic mass is 15.2. The van der Waals surface area contributed by atoms with Gasteiger partial charge in [-0.25, -0.2) is 0 Å². The van der Waals surface area contributed by atoms with Gasteiger partial charge in [-0.2, -0.15) is 0 Å². The Hall–Kier alpha value is -0.0800. The van der Waals surface area contributed by atoms with Gasteiger partial charge in [0, 0.05) is 31.7 Å². The van der Waals surface area contributed by atoms with Gasteiger partial charge in [0.1, 0.15) is 0 Å². The van der Waals surface area contributed by atoms with Crippen molar-refractivity contribution in [2.45, 2.75) is 71.9 Å². The predicted molar refractivity (Wildman–Crippen MR) is 83.4 cm³/mol. The molecule has 1 N–H and O–H groups in total. The number of nitrogens with one attached hydrogen (secondary N) is 1. The predicted octanol–water partition coefficient (Wildman–Crippen LogP) is 3.52. The first-order chi connectivity index (χ1) is 9.10. The Kier molecular flexibility index (Phi) is 5.70. The van der Waals surface area contributed by atoms with Gasteiger partial charge in [-0.1, -0.05) is 34.1 Å². The number of hydrogen-bond acceptors (Lipinski definition) is 2. The standard InChI is InChI=1S/C17H34N2/c1-5-6-14(4)11-19-12-16(9-13(2)3)18-10-17(19)15-7-8-15/h13-18H,5-12H2,1-4H3. The third kappa shape index (κ3) is 4.75. The molecule has 0 aromatic heterocycles. The van der Waals surface area contributed by atoms with Crippen molar-refractivity contribution in [3.63, 3.8) is 0 Å². The molecule has 0 aromatic carbocycles. The van der Waals surface area contributed by atoms with E-state index in [1.54, 1.807) is 0 Å². The summed E-state index contributed by atoms with van der Waals surface area (Å²) < 4.78 is 0. The molecule has 1 saturated carbocycles. The summed E-state index contributed by atoms with van der Waals surface area (Å²) in [7, 11) is 0. The zero-order valence-electron chi connectivity index (χ0n) is 13.5. The normalized spacial score (nSPS) is 30.8. The molecular formula is C17H34N2. The molecule has 1 saturated heterocycles. The van der Waals surface area contributed by atoms with Crippen LogP contribution >= 0.6 is 0 Å². The Morgan fingerprint density at radius 2 is 1.95 bits per heavy atom. The lowest BCUT2D eigenvalue weighted by Gasteiger charge is -2.42. The third-order valence-corrected chi connectivity index (χ3v) is 4.79. The Labute approximate surface area is 120 Å². The smallest absolute Gasteiger partial charge is 0.0249 e. The van der Waals surface area contributed by atoms with E-state index in [1.165, 1.54) is 51.7 Å². The second-order valence-corrected chi connectivity index (χ2v) is 7.49. The second-order valence-electron chi connectivity index (χ2n) is 7.49. The molecule has 0 bridgehead atoms. The molecule has 3 atom stereocenters. The molecule has 1 aliphatic carbocycles. The van der Waals surface area contributed by atoms with Crippen LogP contribution in [0.4, 0.5) is 0 Å². The fraction of sp³-hybridized carbons (Fsp3) is 1.00. The molecule has 1 heterocycles. The summed E-state index contributed by atoms with van der Waals surface area (Å²) in [5, 5.41) is 3.82. The highest BCUT2D eigenvalue weighted by molar-refractivity contribution is 4.95. The van der Waals surface area contributed by atoms with Crippen LogP contribution in [0.2, 0.25) is 0 Å². The van der Waals surface area contributed by atoms with Crippen molar-refractivity contribution in [2.75, 3.05) is 19.6 Å². The average Bonchev–Trinajstić information content (AvgIpc) is 3.12. The Morgan fingerprint density at radius 3 is 2.53 bits per heavy atom. The molecule has 0 aromatic rings. The molecule has 2 fully saturated rings. The Bertz CT molecular complexity index is 260. The minimum absolute atomic E-state index is 0.726. The van der Waals surface area contributed by atoms with Crippen molar-refractivity contribution in [1.82, 2.24) is 10.2 Å². The Morgan fingerprint density at radius 1 is 1.21 bits per heavy atom. The molecule has 112 valence electrons. The van der Waals surface area contributed by atoms with E-state index >= 15 is 0 Å². The maximum atomic E-state index is 3.82. The molecule has 2 heteroatoms. The van der Waals surface area contributed by atoms with E-state index in [1.807, 2.05) is 0 Å². The maximum absolute atomic E-state index is 3.82. The van der Waals surface area contributed by atoms with E-state index in [4.69, 9.17) is 0 Å². The third-order valence-electron chi connectivity index (χ3n) is 4.79. The summed E-state index contributed by atoms with van der Waals surface area (Å²) in [4.78, 5) is 2.83. The molecule has 2 nitrogen and oxygen atoms in total. The molecule has 1 aliphatic heterocycles. The van der Waals surface area contributed by atoms with E-state index < -0.39 is 0 Å². The summed E-state index contributed by atoms with van der Waals surface area (Å²) in [6.07, 6.45) is 6.99. The van der Waals surface area contributed by atoms with Gasteiger partial charge >= 0.3 is 0 Å².